The minimum absolute atomic E-state index is 0.0331. The molecule has 1 unspecified atom stereocenters. The number of halogens is 3. The Bertz CT molecular complexity index is 1140. The molecule has 2 aromatic heterocycles. The van der Waals surface area contributed by atoms with Gasteiger partial charge in [0.05, 0.1) is 19.3 Å². The molecule has 0 radical (unpaired) electrons. The highest BCUT2D eigenvalue weighted by atomic mass is 19.4. The second kappa shape index (κ2) is 12.4. The van der Waals surface area contributed by atoms with Gasteiger partial charge in [0.1, 0.15) is 18.3 Å². The Balaban J connectivity index is 1.62. The first-order chi connectivity index (χ1) is 17.5. The smallest absolute Gasteiger partial charge is 0.394 e. The number of imidazole rings is 1. The predicted octanol–water partition coefficient (Wildman–Crippen LogP) is 0.216. The van der Waals surface area contributed by atoms with E-state index in [1.54, 1.807) is 19.0 Å². The number of aromatic nitrogens is 4. The SMILES string of the molecule is CN(C)/C=N/c1nc2c(ncn2[C@@H]2O[C@H](CO)C(O)[C@@H]2OCCCCCCNC(=O)C(F)(F)F)c(=O)[nH]1. The normalized spacial score (nSPS) is 22.2. The number of aliphatic imine (C=N–C) groups is 1. The highest BCUT2D eigenvalue weighted by Crippen LogP contribution is 2.33. The molecule has 0 bridgehead atoms. The van der Waals surface area contributed by atoms with E-state index in [0.717, 1.165) is 0 Å². The number of aliphatic hydroxyl groups excluding tert-OH is 2. The number of rotatable bonds is 12. The third kappa shape index (κ3) is 7.24. The number of amides is 1. The lowest BCUT2D eigenvalue weighted by Crippen LogP contribution is -2.37. The maximum Gasteiger partial charge on any atom is 0.471 e. The fourth-order valence-corrected chi connectivity index (χ4v) is 3.71. The van der Waals surface area contributed by atoms with Gasteiger partial charge in [-0.3, -0.25) is 19.1 Å². The summed E-state index contributed by atoms with van der Waals surface area (Å²) in [4.78, 5) is 39.9. The largest absolute Gasteiger partial charge is 0.471 e. The molecule has 2 aromatic rings. The van der Waals surface area contributed by atoms with Crippen molar-refractivity contribution in [3.8, 4) is 0 Å². The van der Waals surface area contributed by atoms with Gasteiger partial charge in [0, 0.05) is 27.2 Å². The number of carbonyl (C=O) groups excluding carboxylic acids is 1. The predicted molar refractivity (Wildman–Crippen MR) is 124 cm³/mol. The van der Waals surface area contributed by atoms with Crippen molar-refractivity contribution in [1.29, 1.82) is 0 Å². The molecule has 37 heavy (non-hydrogen) atoms. The Kier molecular flexibility index (Phi) is 9.58. The first-order valence-electron chi connectivity index (χ1n) is 11.6. The quantitative estimate of drug-likeness (QED) is 0.169. The summed E-state index contributed by atoms with van der Waals surface area (Å²) in [7, 11) is 3.50. The molecule has 1 amide bonds. The molecule has 0 spiro atoms. The standard InChI is InChI=1S/C21H30F3N7O6/c1-30(2)10-27-20-28-16-13(17(34)29-20)26-11-31(16)18-15(14(33)12(9-32)37-18)36-8-6-4-3-5-7-25-19(35)21(22,23)24/h10-12,14-15,18,32-33H,3-9H2,1-2H3,(H,25,35)(H,28,29,34)/b27-10+/t12-,14?,15+,18-/m1/s1. The Morgan fingerprint density at radius 2 is 2.08 bits per heavy atom. The number of hydrogen-bond acceptors (Lipinski definition) is 9. The summed E-state index contributed by atoms with van der Waals surface area (Å²) in [5.74, 6) is -1.93. The Labute approximate surface area is 209 Å². The number of carbonyl (C=O) groups is 1. The van der Waals surface area contributed by atoms with Crippen molar-refractivity contribution < 1.29 is 37.7 Å². The molecular formula is C21H30F3N7O6. The average Bonchev–Trinajstić information content (AvgIpc) is 3.39. The summed E-state index contributed by atoms with van der Waals surface area (Å²) in [5.41, 5.74) is -0.332. The summed E-state index contributed by atoms with van der Waals surface area (Å²) in [6, 6.07) is 0. The van der Waals surface area contributed by atoms with Crippen molar-refractivity contribution in [1.82, 2.24) is 29.7 Å². The molecule has 1 aliphatic heterocycles. The summed E-state index contributed by atoms with van der Waals surface area (Å²) < 4.78 is 49.6. The monoisotopic (exact) mass is 533 g/mol. The number of aromatic amines is 1. The lowest BCUT2D eigenvalue weighted by atomic mass is 10.1. The third-order valence-corrected chi connectivity index (χ3v) is 5.52. The molecule has 0 aromatic carbocycles. The number of unbranched alkanes of at least 4 members (excludes halogenated alkanes) is 3. The zero-order valence-corrected chi connectivity index (χ0v) is 20.3. The zero-order valence-electron chi connectivity index (χ0n) is 20.3. The van der Waals surface area contributed by atoms with Crippen LogP contribution in [-0.2, 0) is 14.3 Å². The number of ether oxygens (including phenoxy) is 2. The van der Waals surface area contributed by atoms with Crippen LogP contribution < -0.4 is 10.9 Å². The lowest BCUT2D eigenvalue weighted by molar-refractivity contribution is -0.173. The van der Waals surface area contributed by atoms with Crippen molar-refractivity contribution in [2.45, 2.75) is 56.4 Å². The highest BCUT2D eigenvalue weighted by molar-refractivity contribution is 5.81. The van der Waals surface area contributed by atoms with Gasteiger partial charge in [0.15, 0.2) is 17.4 Å². The number of H-pyrrole nitrogens is 1. The van der Waals surface area contributed by atoms with Gasteiger partial charge in [0.25, 0.3) is 5.56 Å². The van der Waals surface area contributed by atoms with Gasteiger partial charge in [-0.2, -0.15) is 18.2 Å². The van der Waals surface area contributed by atoms with Crippen LogP contribution >= 0.6 is 0 Å². The van der Waals surface area contributed by atoms with Crippen LogP contribution in [-0.4, -0.2) is 105 Å². The van der Waals surface area contributed by atoms with Crippen LogP contribution in [0.2, 0.25) is 0 Å². The average molecular weight is 534 g/mol. The molecule has 16 heteroatoms. The number of hydrogen-bond donors (Lipinski definition) is 4. The number of nitrogens with one attached hydrogen (secondary N) is 2. The van der Waals surface area contributed by atoms with Gasteiger partial charge in [-0.05, 0) is 12.8 Å². The molecule has 206 valence electrons. The first kappa shape index (κ1) is 28.5. The van der Waals surface area contributed by atoms with E-state index in [2.05, 4.69) is 19.9 Å². The summed E-state index contributed by atoms with van der Waals surface area (Å²) in [6.45, 7) is -0.372. The maximum absolute atomic E-state index is 12.4. The zero-order chi connectivity index (χ0) is 27.2. The molecular weight excluding hydrogens is 503 g/mol. The molecule has 3 rings (SSSR count). The van der Waals surface area contributed by atoms with Crippen LogP contribution in [0.4, 0.5) is 19.1 Å². The van der Waals surface area contributed by atoms with Crippen molar-refractivity contribution in [3.05, 3.63) is 16.7 Å². The second-order valence-corrected chi connectivity index (χ2v) is 8.66. The van der Waals surface area contributed by atoms with Gasteiger partial charge in [-0.25, -0.2) is 9.98 Å². The Hall–Kier alpha value is -3.08. The third-order valence-electron chi connectivity index (χ3n) is 5.52. The van der Waals surface area contributed by atoms with Crippen LogP contribution in [0.5, 0.6) is 0 Å². The van der Waals surface area contributed by atoms with E-state index >= 15 is 0 Å². The van der Waals surface area contributed by atoms with Crippen molar-refractivity contribution in [2.75, 3.05) is 33.9 Å². The fraction of sp³-hybridized carbons (Fsp3) is 0.667. The fourth-order valence-electron chi connectivity index (χ4n) is 3.71. The molecule has 4 N–H and O–H groups in total. The summed E-state index contributed by atoms with van der Waals surface area (Å²) in [5, 5.41) is 22.1. The topological polar surface area (TPSA) is 167 Å². The highest BCUT2D eigenvalue weighted by Gasteiger charge is 2.46. The van der Waals surface area contributed by atoms with E-state index in [0.29, 0.717) is 25.7 Å². The minimum atomic E-state index is -4.90. The van der Waals surface area contributed by atoms with E-state index in [-0.39, 0.29) is 30.3 Å². The van der Waals surface area contributed by atoms with E-state index in [1.165, 1.54) is 17.2 Å². The van der Waals surface area contributed by atoms with E-state index in [9.17, 15) is 33.0 Å². The number of fused-ring (bicyclic) bond motifs is 1. The van der Waals surface area contributed by atoms with E-state index < -0.39 is 48.8 Å². The summed E-state index contributed by atoms with van der Waals surface area (Å²) >= 11 is 0. The molecule has 1 saturated heterocycles. The molecule has 4 atom stereocenters. The van der Waals surface area contributed by atoms with Gasteiger partial charge >= 0.3 is 12.1 Å². The molecule has 13 nitrogen and oxygen atoms in total. The molecule has 1 fully saturated rings. The van der Waals surface area contributed by atoms with Gasteiger partial charge < -0.3 is 29.9 Å². The molecule has 0 aliphatic carbocycles. The van der Waals surface area contributed by atoms with Crippen LogP contribution in [0.3, 0.4) is 0 Å². The summed E-state index contributed by atoms with van der Waals surface area (Å²) in [6.07, 6.45) is -4.05. The number of nitrogens with zero attached hydrogens (tertiary/aromatic N) is 5. The van der Waals surface area contributed by atoms with Gasteiger partial charge in [0.2, 0.25) is 5.95 Å². The number of aliphatic hydroxyl groups is 2. The minimum Gasteiger partial charge on any atom is -0.394 e. The maximum atomic E-state index is 12.4. The van der Waals surface area contributed by atoms with E-state index in [1.807, 2.05) is 5.32 Å². The van der Waals surface area contributed by atoms with Crippen molar-refractivity contribution in [3.63, 3.8) is 0 Å². The van der Waals surface area contributed by atoms with Crippen LogP contribution in [0.25, 0.3) is 11.2 Å². The van der Waals surface area contributed by atoms with Crippen molar-refractivity contribution >= 4 is 29.4 Å². The molecule has 3 heterocycles. The first-order valence-corrected chi connectivity index (χ1v) is 11.6. The van der Waals surface area contributed by atoms with Crippen LogP contribution in [0.1, 0.15) is 31.9 Å². The van der Waals surface area contributed by atoms with Crippen molar-refractivity contribution in [2.24, 2.45) is 4.99 Å². The van der Waals surface area contributed by atoms with Gasteiger partial charge in [-0.1, -0.05) is 12.8 Å². The molecule has 0 saturated carbocycles. The lowest BCUT2D eigenvalue weighted by Gasteiger charge is -2.22. The Morgan fingerprint density at radius 1 is 1.35 bits per heavy atom. The van der Waals surface area contributed by atoms with Crippen LogP contribution in [0.15, 0.2) is 16.1 Å². The Morgan fingerprint density at radius 3 is 2.76 bits per heavy atom. The van der Waals surface area contributed by atoms with E-state index in [4.69, 9.17) is 9.47 Å². The molecule has 1 aliphatic rings. The van der Waals surface area contributed by atoms with Crippen LogP contribution in [0, 0.1) is 0 Å². The second-order valence-electron chi connectivity index (χ2n) is 8.66. The van der Waals surface area contributed by atoms with Gasteiger partial charge in [-0.15, -0.1) is 0 Å². The number of alkyl halides is 3.